The second-order valence-electron chi connectivity index (χ2n) is 6.29. The first-order chi connectivity index (χ1) is 14.5. The predicted octanol–water partition coefficient (Wildman–Crippen LogP) is 1.76. The maximum absolute atomic E-state index is 12.1. The molecule has 0 radical (unpaired) electrons. The number of aromatic nitrogens is 2. The van der Waals surface area contributed by atoms with Crippen LogP contribution in [-0.2, 0) is 16.0 Å². The fourth-order valence-corrected chi connectivity index (χ4v) is 3.40. The third-order valence-corrected chi connectivity index (χ3v) is 4.66. The molecule has 2 aromatic rings. The van der Waals surface area contributed by atoms with Crippen molar-refractivity contribution < 1.29 is 28.5 Å². The fraction of sp³-hybridized carbons (Fsp3) is 0.350. The number of esters is 1. The van der Waals surface area contributed by atoms with Crippen molar-refractivity contribution >= 4 is 5.97 Å². The van der Waals surface area contributed by atoms with Gasteiger partial charge in [0.2, 0.25) is 17.5 Å². The van der Waals surface area contributed by atoms with Gasteiger partial charge in [-0.1, -0.05) is 0 Å². The summed E-state index contributed by atoms with van der Waals surface area (Å²) < 4.78 is 26.8. The van der Waals surface area contributed by atoms with Gasteiger partial charge in [0.1, 0.15) is 11.6 Å². The van der Waals surface area contributed by atoms with Gasteiger partial charge in [0, 0.05) is 0 Å². The van der Waals surface area contributed by atoms with E-state index in [1.54, 1.807) is 19.1 Å². The van der Waals surface area contributed by atoms with Gasteiger partial charge in [-0.15, -0.1) is 5.10 Å². The summed E-state index contributed by atoms with van der Waals surface area (Å²) in [6.45, 7) is 1.97. The van der Waals surface area contributed by atoms with Crippen LogP contribution in [0.5, 0.6) is 23.1 Å². The Kier molecular flexibility index (Phi) is 6.01. The molecule has 0 unspecified atom stereocenters. The number of hydrogen-bond donors (Lipinski definition) is 2. The zero-order chi connectivity index (χ0) is 21.8. The summed E-state index contributed by atoms with van der Waals surface area (Å²) in [5.41, 5.74) is 7.76. The highest BCUT2D eigenvalue weighted by Crippen LogP contribution is 2.47. The number of nitrogens with zero attached hydrogens (tertiary/aromatic N) is 2. The minimum Gasteiger partial charge on any atom is -0.493 e. The molecule has 0 fully saturated rings. The molecule has 1 aliphatic heterocycles. The Labute approximate surface area is 173 Å². The smallest absolute Gasteiger partial charge is 0.311 e. The van der Waals surface area contributed by atoms with E-state index < -0.39 is 11.9 Å². The van der Waals surface area contributed by atoms with Gasteiger partial charge in [-0.05, 0) is 24.6 Å². The first kappa shape index (κ1) is 20.9. The number of carbonyl (C=O) groups excluding carboxylic acids is 1. The number of rotatable bonds is 7. The number of carbonyl (C=O) groups is 1. The Morgan fingerprint density at radius 3 is 2.47 bits per heavy atom. The first-order valence-electron chi connectivity index (χ1n) is 9.09. The SMILES string of the molecule is CCOC(=O)Cc1[nH]nc2c1[C@H](c1cc(OC)c(OC)c(OC)c1)C(C#N)=C(N)O2. The molecule has 1 aromatic carbocycles. The van der Waals surface area contributed by atoms with Crippen LogP contribution >= 0.6 is 0 Å². The van der Waals surface area contributed by atoms with E-state index in [0.717, 1.165) is 0 Å². The molecular formula is C20H22N4O6. The van der Waals surface area contributed by atoms with E-state index in [1.807, 2.05) is 0 Å². The molecule has 0 spiro atoms. The van der Waals surface area contributed by atoms with Crippen molar-refractivity contribution in [2.75, 3.05) is 27.9 Å². The number of fused-ring (bicyclic) bond motifs is 1. The molecule has 30 heavy (non-hydrogen) atoms. The Morgan fingerprint density at radius 1 is 1.27 bits per heavy atom. The number of nitrogens with one attached hydrogen (secondary N) is 1. The van der Waals surface area contributed by atoms with E-state index in [1.165, 1.54) is 21.3 Å². The van der Waals surface area contributed by atoms with Crippen LogP contribution in [-0.4, -0.2) is 44.1 Å². The molecule has 158 valence electrons. The maximum Gasteiger partial charge on any atom is 0.311 e. The molecule has 1 aliphatic rings. The van der Waals surface area contributed by atoms with Crippen molar-refractivity contribution in [3.8, 4) is 29.2 Å². The molecule has 10 nitrogen and oxygen atoms in total. The van der Waals surface area contributed by atoms with Crippen LogP contribution in [0.4, 0.5) is 0 Å². The van der Waals surface area contributed by atoms with Gasteiger partial charge in [-0.25, -0.2) is 0 Å². The van der Waals surface area contributed by atoms with Crippen LogP contribution in [0.1, 0.15) is 29.7 Å². The number of ether oxygens (including phenoxy) is 5. The molecular weight excluding hydrogens is 392 g/mol. The highest BCUT2D eigenvalue weighted by Gasteiger charge is 2.36. The minimum atomic E-state index is -0.671. The van der Waals surface area contributed by atoms with Gasteiger partial charge in [0.05, 0.1) is 51.5 Å². The standard InChI is InChI=1S/C20H22N4O6/c1-5-29-15(25)8-12-17-16(11(9-21)19(22)30-20(17)24-23-12)10-6-13(26-2)18(28-4)14(7-10)27-3/h6-7,16H,5,8,22H2,1-4H3,(H,23,24)/t16-/m1/s1. The molecule has 0 aliphatic carbocycles. The highest BCUT2D eigenvalue weighted by molar-refractivity contribution is 5.73. The van der Waals surface area contributed by atoms with E-state index in [4.69, 9.17) is 29.4 Å². The Morgan fingerprint density at radius 2 is 1.93 bits per heavy atom. The van der Waals surface area contributed by atoms with Crippen LogP contribution in [0.2, 0.25) is 0 Å². The molecule has 0 saturated carbocycles. The van der Waals surface area contributed by atoms with Gasteiger partial charge in [-0.3, -0.25) is 9.89 Å². The lowest BCUT2D eigenvalue weighted by molar-refractivity contribution is -0.142. The number of benzene rings is 1. The number of nitrogens with two attached hydrogens (primary N) is 1. The Bertz CT molecular complexity index is 1010. The van der Waals surface area contributed by atoms with Crippen LogP contribution in [0.15, 0.2) is 23.6 Å². The molecule has 3 N–H and O–H groups in total. The van der Waals surface area contributed by atoms with E-state index in [2.05, 4.69) is 16.3 Å². The molecule has 0 bridgehead atoms. The third kappa shape index (κ3) is 3.57. The number of aromatic amines is 1. The van der Waals surface area contributed by atoms with E-state index in [9.17, 15) is 10.1 Å². The summed E-state index contributed by atoms with van der Waals surface area (Å²) in [5.74, 6) is 0.231. The van der Waals surface area contributed by atoms with Crippen molar-refractivity contribution in [2.24, 2.45) is 5.73 Å². The molecule has 0 amide bonds. The average molecular weight is 414 g/mol. The number of nitriles is 1. The zero-order valence-electron chi connectivity index (χ0n) is 17.1. The van der Waals surface area contributed by atoms with Gasteiger partial charge >= 0.3 is 5.97 Å². The summed E-state index contributed by atoms with van der Waals surface area (Å²) >= 11 is 0. The molecule has 1 atom stereocenters. The average Bonchev–Trinajstić information content (AvgIpc) is 3.13. The maximum atomic E-state index is 12.1. The van der Waals surface area contributed by atoms with Gasteiger partial charge in [-0.2, -0.15) is 5.26 Å². The predicted molar refractivity (Wildman–Crippen MR) is 104 cm³/mol. The lowest BCUT2D eigenvalue weighted by Crippen LogP contribution is -2.22. The summed E-state index contributed by atoms with van der Waals surface area (Å²) in [5, 5.41) is 16.7. The number of allylic oxidation sites excluding steroid dienone is 1. The van der Waals surface area contributed by atoms with Crippen molar-refractivity contribution in [1.29, 1.82) is 5.26 Å². The van der Waals surface area contributed by atoms with Crippen molar-refractivity contribution in [1.82, 2.24) is 10.2 Å². The van der Waals surface area contributed by atoms with Crippen LogP contribution in [0.25, 0.3) is 0 Å². The quantitative estimate of drug-likeness (QED) is 0.648. The molecule has 3 rings (SSSR count). The normalized spacial score (nSPS) is 15.0. The third-order valence-electron chi connectivity index (χ3n) is 4.66. The topological polar surface area (TPSA) is 142 Å². The fourth-order valence-electron chi connectivity index (χ4n) is 3.40. The lowest BCUT2D eigenvalue weighted by atomic mass is 9.83. The minimum absolute atomic E-state index is 0.0704. The van der Waals surface area contributed by atoms with Crippen LogP contribution in [0, 0.1) is 11.3 Å². The van der Waals surface area contributed by atoms with Crippen LogP contribution < -0.4 is 24.7 Å². The first-order valence-corrected chi connectivity index (χ1v) is 9.09. The van der Waals surface area contributed by atoms with Gasteiger partial charge in [0.25, 0.3) is 0 Å². The Hall–Kier alpha value is -3.87. The van der Waals surface area contributed by atoms with Crippen molar-refractivity contribution in [2.45, 2.75) is 19.3 Å². The summed E-state index contributed by atoms with van der Waals surface area (Å²) in [6.07, 6.45) is -0.0704. The Balaban J connectivity index is 2.20. The van der Waals surface area contributed by atoms with Crippen molar-refractivity contribution in [3.63, 3.8) is 0 Å². The summed E-state index contributed by atoms with van der Waals surface area (Å²) in [7, 11) is 4.49. The van der Waals surface area contributed by atoms with Gasteiger partial charge < -0.3 is 29.4 Å². The lowest BCUT2D eigenvalue weighted by Gasteiger charge is -2.25. The zero-order valence-corrected chi connectivity index (χ0v) is 17.1. The molecule has 1 aromatic heterocycles. The largest absolute Gasteiger partial charge is 0.493 e. The monoisotopic (exact) mass is 414 g/mol. The number of hydrogen-bond acceptors (Lipinski definition) is 9. The van der Waals surface area contributed by atoms with Crippen LogP contribution in [0.3, 0.4) is 0 Å². The summed E-state index contributed by atoms with van der Waals surface area (Å²) in [4.78, 5) is 12.1. The molecule has 10 heteroatoms. The van der Waals surface area contributed by atoms with E-state index in [0.29, 0.717) is 34.1 Å². The van der Waals surface area contributed by atoms with Gasteiger partial charge in [0.15, 0.2) is 11.5 Å². The number of H-pyrrole nitrogens is 1. The second kappa shape index (κ2) is 8.65. The van der Waals surface area contributed by atoms with E-state index >= 15 is 0 Å². The summed E-state index contributed by atoms with van der Waals surface area (Å²) in [6, 6.07) is 5.53. The second-order valence-corrected chi connectivity index (χ2v) is 6.29. The highest BCUT2D eigenvalue weighted by atomic mass is 16.5. The number of methoxy groups -OCH3 is 3. The van der Waals surface area contributed by atoms with E-state index in [-0.39, 0.29) is 30.4 Å². The molecule has 2 heterocycles. The van der Waals surface area contributed by atoms with Crippen molar-refractivity contribution in [3.05, 3.63) is 40.4 Å². The molecule has 0 saturated heterocycles.